The van der Waals surface area contributed by atoms with Crippen molar-refractivity contribution in [3.63, 3.8) is 0 Å². The molecular formula is C22H27N5O. The van der Waals surface area contributed by atoms with Gasteiger partial charge >= 0.3 is 0 Å². The number of Topliss-reactive ketones (excluding diaryl/α,β-unsaturated/α-hetero) is 1. The van der Waals surface area contributed by atoms with Gasteiger partial charge in [-0.15, -0.1) is 0 Å². The molecule has 2 aromatic heterocycles. The normalized spacial score (nSPS) is 26.8. The molecule has 1 aliphatic heterocycles. The van der Waals surface area contributed by atoms with Crippen molar-refractivity contribution in [2.24, 2.45) is 5.41 Å². The predicted octanol–water partition coefficient (Wildman–Crippen LogP) is 4.23. The van der Waals surface area contributed by atoms with Gasteiger partial charge in [0.15, 0.2) is 11.6 Å². The molecule has 6 heteroatoms. The van der Waals surface area contributed by atoms with Crippen LogP contribution in [-0.2, 0) is 10.2 Å². The number of carbonyl (C=O) groups excluding carboxylic acids is 1. The summed E-state index contributed by atoms with van der Waals surface area (Å²) in [6.07, 6.45) is 10.8. The summed E-state index contributed by atoms with van der Waals surface area (Å²) >= 11 is 0. The maximum Gasteiger partial charge on any atom is 0.161 e. The van der Waals surface area contributed by atoms with Crippen LogP contribution in [-0.4, -0.2) is 25.9 Å². The van der Waals surface area contributed by atoms with Gasteiger partial charge in [0.2, 0.25) is 0 Å². The molecule has 0 spiro atoms. The monoisotopic (exact) mass is 377 g/mol. The fourth-order valence-corrected chi connectivity index (χ4v) is 4.84. The highest BCUT2D eigenvalue weighted by atomic mass is 16.1. The molecule has 0 saturated heterocycles. The molecule has 3 aliphatic rings. The predicted molar refractivity (Wildman–Crippen MR) is 107 cm³/mol. The van der Waals surface area contributed by atoms with Crippen LogP contribution < -0.4 is 5.32 Å². The summed E-state index contributed by atoms with van der Waals surface area (Å²) in [5, 5.41) is 11.5. The molecular weight excluding hydrogens is 350 g/mol. The molecule has 1 unspecified atom stereocenters. The van der Waals surface area contributed by atoms with Gasteiger partial charge in [0.25, 0.3) is 0 Å². The number of aromatic amines is 1. The molecule has 2 aromatic rings. The van der Waals surface area contributed by atoms with Gasteiger partial charge in [-0.2, -0.15) is 5.10 Å². The highest BCUT2D eigenvalue weighted by Gasteiger charge is 2.45. The molecule has 0 radical (unpaired) electrons. The highest BCUT2D eigenvalue weighted by Crippen LogP contribution is 2.52. The number of nitrogens with one attached hydrogen (secondary N) is 2. The first-order valence-electron chi connectivity index (χ1n) is 10.2. The molecule has 1 atom stereocenters. The van der Waals surface area contributed by atoms with Gasteiger partial charge in [0.1, 0.15) is 6.33 Å². The molecule has 5 rings (SSSR count). The summed E-state index contributed by atoms with van der Waals surface area (Å²) < 4.78 is 0. The molecule has 28 heavy (non-hydrogen) atoms. The van der Waals surface area contributed by atoms with Crippen LogP contribution in [0.4, 0.5) is 5.82 Å². The van der Waals surface area contributed by atoms with Gasteiger partial charge in [-0.1, -0.05) is 20.8 Å². The average Bonchev–Trinajstić information content (AvgIpc) is 3.45. The fraction of sp³-hybridized carbons (Fsp3) is 0.545. The molecule has 3 heterocycles. The first-order chi connectivity index (χ1) is 13.4. The van der Waals surface area contributed by atoms with Crippen molar-refractivity contribution in [1.29, 1.82) is 0 Å². The number of rotatable bonds is 2. The Bertz CT molecular complexity index is 970. The highest BCUT2D eigenvalue weighted by molar-refractivity contribution is 5.98. The Morgan fingerprint density at radius 1 is 1.11 bits per heavy atom. The van der Waals surface area contributed by atoms with E-state index in [1.54, 1.807) is 6.33 Å². The zero-order valence-corrected chi connectivity index (χ0v) is 16.8. The molecule has 2 aliphatic carbocycles. The number of ketones is 1. The molecule has 1 saturated carbocycles. The van der Waals surface area contributed by atoms with Gasteiger partial charge in [-0.05, 0) is 43.1 Å². The van der Waals surface area contributed by atoms with Gasteiger partial charge in [0.05, 0.1) is 0 Å². The van der Waals surface area contributed by atoms with E-state index >= 15 is 0 Å². The van der Waals surface area contributed by atoms with E-state index in [-0.39, 0.29) is 11.2 Å². The second-order valence-corrected chi connectivity index (χ2v) is 9.62. The van der Waals surface area contributed by atoms with Crippen molar-refractivity contribution in [2.75, 3.05) is 5.32 Å². The molecule has 0 amide bonds. The number of fused-ring (bicyclic) bond motifs is 1. The summed E-state index contributed by atoms with van der Waals surface area (Å²) in [6, 6.07) is 0. The maximum atomic E-state index is 13.3. The third kappa shape index (κ3) is 2.77. The number of hydrogen-bond donors (Lipinski definition) is 2. The zero-order chi connectivity index (χ0) is 19.5. The van der Waals surface area contributed by atoms with Crippen LogP contribution in [0.2, 0.25) is 0 Å². The lowest BCUT2D eigenvalue weighted by Gasteiger charge is -2.30. The zero-order valence-electron chi connectivity index (χ0n) is 16.8. The third-order valence-corrected chi connectivity index (χ3v) is 6.72. The van der Waals surface area contributed by atoms with Gasteiger partial charge in [0, 0.05) is 52.7 Å². The number of H-pyrrole nitrogens is 1. The summed E-state index contributed by atoms with van der Waals surface area (Å²) in [6.45, 7) is 6.59. The van der Waals surface area contributed by atoms with Gasteiger partial charge < -0.3 is 5.32 Å². The van der Waals surface area contributed by atoms with E-state index in [0.29, 0.717) is 18.8 Å². The molecule has 1 fully saturated rings. The van der Waals surface area contributed by atoms with Gasteiger partial charge in [-0.3, -0.25) is 9.89 Å². The molecule has 0 aromatic carbocycles. The van der Waals surface area contributed by atoms with E-state index in [2.05, 4.69) is 46.3 Å². The van der Waals surface area contributed by atoms with E-state index < -0.39 is 5.41 Å². The van der Waals surface area contributed by atoms with E-state index in [1.165, 1.54) is 24.1 Å². The first kappa shape index (κ1) is 17.6. The summed E-state index contributed by atoms with van der Waals surface area (Å²) in [7, 11) is 0. The van der Waals surface area contributed by atoms with E-state index in [4.69, 9.17) is 0 Å². The number of hydrogen-bond acceptors (Lipinski definition) is 5. The SMILES string of the molecule is CC1(C)CCC2=C(CC(C)(c3cncnc3)c3c(n[nH]c3C3CC3)N2)C(=O)C1. The molecule has 6 nitrogen and oxygen atoms in total. The van der Waals surface area contributed by atoms with Crippen LogP contribution in [0.3, 0.4) is 0 Å². The Morgan fingerprint density at radius 3 is 2.57 bits per heavy atom. The smallest absolute Gasteiger partial charge is 0.161 e. The van der Waals surface area contributed by atoms with Crippen molar-refractivity contribution in [3.8, 4) is 0 Å². The third-order valence-electron chi connectivity index (χ3n) is 6.72. The van der Waals surface area contributed by atoms with E-state index in [9.17, 15) is 4.79 Å². The summed E-state index contributed by atoms with van der Waals surface area (Å²) in [5.74, 6) is 1.66. The topological polar surface area (TPSA) is 83.6 Å². The Kier molecular flexibility index (Phi) is 3.77. The van der Waals surface area contributed by atoms with Crippen LogP contribution in [0.1, 0.15) is 82.0 Å². The van der Waals surface area contributed by atoms with Crippen molar-refractivity contribution < 1.29 is 4.79 Å². The van der Waals surface area contributed by atoms with E-state index in [1.807, 2.05) is 12.4 Å². The number of anilines is 1. The Labute approximate surface area is 165 Å². The van der Waals surface area contributed by atoms with Crippen molar-refractivity contribution in [1.82, 2.24) is 20.2 Å². The standard InChI is InChI=1S/C22H27N5O/c1-21(2)7-6-16-15(17(28)9-21)8-22(3,14-10-23-12-24-11-14)18-19(13-4-5-13)26-27-20(18)25-16/h10-13H,4-9H2,1-3H3,(H2,25,26,27). The second-order valence-electron chi connectivity index (χ2n) is 9.62. The minimum Gasteiger partial charge on any atom is -0.342 e. The Morgan fingerprint density at radius 2 is 1.86 bits per heavy atom. The number of nitrogens with zero attached hydrogens (tertiary/aromatic N) is 3. The minimum absolute atomic E-state index is 0.0186. The minimum atomic E-state index is -0.393. The molecule has 2 N–H and O–H groups in total. The first-order valence-corrected chi connectivity index (χ1v) is 10.2. The summed E-state index contributed by atoms with van der Waals surface area (Å²) in [5.41, 5.74) is 5.03. The van der Waals surface area contributed by atoms with Crippen LogP contribution in [0, 0.1) is 5.41 Å². The maximum absolute atomic E-state index is 13.3. The van der Waals surface area contributed by atoms with Crippen molar-refractivity contribution in [2.45, 2.75) is 70.6 Å². The van der Waals surface area contributed by atoms with Crippen LogP contribution in [0.25, 0.3) is 0 Å². The lowest BCUT2D eigenvalue weighted by molar-refractivity contribution is -0.117. The van der Waals surface area contributed by atoms with E-state index in [0.717, 1.165) is 35.5 Å². The van der Waals surface area contributed by atoms with Gasteiger partial charge in [-0.25, -0.2) is 9.97 Å². The fourth-order valence-electron chi connectivity index (χ4n) is 4.84. The average molecular weight is 377 g/mol. The number of carbonyl (C=O) groups is 1. The van der Waals surface area contributed by atoms with Crippen molar-refractivity contribution in [3.05, 3.63) is 46.8 Å². The lowest BCUT2D eigenvalue weighted by Crippen LogP contribution is -2.27. The van der Waals surface area contributed by atoms with Crippen LogP contribution in [0.5, 0.6) is 0 Å². The van der Waals surface area contributed by atoms with Crippen LogP contribution in [0.15, 0.2) is 30.0 Å². The summed E-state index contributed by atoms with van der Waals surface area (Å²) in [4.78, 5) is 21.9. The van der Waals surface area contributed by atoms with Crippen LogP contribution >= 0.6 is 0 Å². The van der Waals surface area contributed by atoms with Crippen molar-refractivity contribution >= 4 is 11.6 Å². The Balaban J connectivity index is 1.69. The molecule has 146 valence electrons. The quantitative estimate of drug-likeness (QED) is 0.818. The lowest BCUT2D eigenvalue weighted by atomic mass is 9.71. The number of allylic oxidation sites excluding steroid dienone is 2. The number of aromatic nitrogens is 4. The largest absolute Gasteiger partial charge is 0.342 e. The second kappa shape index (κ2) is 6.00. The molecule has 0 bridgehead atoms. The Hall–Kier alpha value is -2.50.